The number of guanidine groups is 1. The summed E-state index contributed by atoms with van der Waals surface area (Å²) in [5, 5.41) is 18.5. The van der Waals surface area contributed by atoms with Gasteiger partial charge in [0.1, 0.15) is 12.7 Å². The number of nitrogens with two attached hydrogens (primary N) is 2. The van der Waals surface area contributed by atoms with Gasteiger partial charge in [0.05, 0.1) is 20.1 Å². The van der Waals surface area contributed by atoms with Gasteiger partial charge in [0, 0.05) is 10.0 Å². The van der Waals surface area contributed by atoms with Crippen molar-refractivity contribution in [2.24, 2.45) is 16.5 Å². The van der Waals surface area contributed by atoms with E-state index in [1.165, 1.54) is 0 Å². The summed E-state index contributed by atoms with van der Waals surface area (Å²) < 4.78 is 10.3. The highest BCUT2D eigenvalue weighted by Gasteiger charge is 2.10. The second-order valence-corrected chi connectivity index (χ2v) is 6.42. The predicted octanol–water partition coefficient (Wildman–Crippen LogP) is 1.76. The number of methoxy groups -OCH3 is 1. The number of hydrogen-bond donors (Lipinski definition) is 4. The summed E-state index contributed by atoms with van der Waals surface area (Å²) >= 11 is 11.7. The average Bonchev–Trinajstić information content (AvgIpc) is 2.69. The van der Waals surface area contributed by atoms with Gasteiger partial charge in [-0.2, -0.15) is 4.99 Å². The monoisotopic (exact) mass is 443 g/mol. The Kier molecular flexibility index (Phi) is 10.9. The van der Waals surface area contributed by atoms with E-state index in [2.05, 4.69) is 4.99 Å². The van der Waals surface area contributed by atoms with E-state index in [0.717, 1.165) is 0 Å². The Labute approximate surface area is 178 Å². The summed E-state index contributed by atoms with van der Waals surface area (Å²) in [6.45, 7) is -0.258. The first-order chi connectivity index (χ1) is 13.8. The lowest BCUT2D eigenvalue weighted by molar-refractivity contribution is -0.117. The van der Waals surface area contributed by atoms with Gasteiger partial charge in [-0.05, 0) is 29.8 Å². The van der Waals surface area contributed by atoms with Gasteiger partial charge in [-0.15, -0.1) is 0 Å². The number of aliphatic imine (C=N–C) groups is 1. The second-order valence-electron chi connectivity index (χ2n) is 5.61. The molecule has 1 atom stereocenters. The maximum atomic E-state index is 11.3. The molecule has 0 bridgehead atoms. The van der Waals surface area contributed by atoms with Crippen molar-refractivity contribution in [3.8, 4) is 11.5 Å². The number of amides is 1. The van der Waals surface area contributed by atoms with Crippen LogP contribution in [0.5, 0.6) is 11.5 Å². The molecule has 0 aliphatic rings. The van der Waals surface area contributed by atoms with Gasteiger partial charge < -0.3 is 31.2 Å². The molecule has 158 valence electrons. The number of hydrogen-bond acceptors (Lipinski definition) is 5. The van der Waals surface area contributed by atoms with E-state index >= 15 is 0 Å². The van der Waals surface area contributed by atoms with Crippen molar-refractivity contribution in [1.82, 2.24) is 0 Å². The molecule has 1 unspecified atom stereocenters. The number of ether oxygens (including phenoxy) is 2. The van der Waals surface area contributed by atoms with E-state index in [1.54, 1.807) is 37.4 Å². The predicted molar refractivity (Wildman–Crippen MR) is 113 cm³/mol. The number of nitrogens with zero attached hydrogens (tertiary/aromatic N) is 1. The first-order valence-corrected chi connectivity index (χ1v) is 9.14. The highest BCUT2D eigenvalue weighted by Crippen LogP contribution is 2.26. The number of carbonyl (C=O) groups is 1. The SMILES string of the molecule is COc1ccccc1OCC(O)CO.NC(N)=NC(=O)Cc1c(Cl)cccc1Cl. The minimum Gasteiger partial charge on any atom is -0.493 e. The van der Waals surface area contributed by atoms with Gasteiger partial charge in [0.15, 0.2) is 17.5 Å². The Bertz CT molecular complexity index is 809. The molecule has 0 saturated heterocycles. The van der Waals surface area contributed by atoms with Gasteiger partial charge in [0.2, 0.25) is 0 Å². The Morgan fingerprint density at radius 2 is 1.69 bits per heavy atom. The molecule has 2 aromatic rings. The normalized spacial score (nSPS) is 10.9. The van der Waals surface area contributed by atoms with Crippen LogP contribution < -0.4 is 20.9 Å². The number of benzene rings is 2. The molecular weight excluding hydrogens is 421 g/mol. The van der Waals surface area contributed by atoms with E-state index in [9.17, 15) is 4.79 Å². The Morgan fingerprint density at radius 1 is 1.10 bits per heavy atom. The van der Waals surface area contributed by atoms with Crippen LogP contribution in [-0.2, 0) is 11.2 Å². The van der Waals surface area contributed by atoms with Crippen LogP contribution in [0.2, 0.25) is 10.0 Å². The van der Waals surface area contributed by atoms with Gasteiger partial charge in [-0.3, -0.25) is 4.79 Å². The first kappa shape index (κ1) is 24.5. The molecule has 0 spiro atoms. The molecule has 29 heavy (non-hydrogen) atoms. The Balaban J connectivity index is 0.000000291. The third kappa shape index (κ3) is 9.01. The topological polar surface area (TPSA) is 140 Å². The highest BCUT2D eigenvalue weighted by atomic mass is 35.5. The van der Waals surface area contributed by atoms with Crippen LogP contribution in [0, 0.1) is 0 Å². The zero-order chi connectivity index (χ0) is 21.8. The number of carbonyl (C=O) groups excluding carboxylic acids is 1. The van der Waals surface area contributed by atoms with Crippen LogP contribution in [0.4, 0.5) is 0 Å². The Morgan fingerprint density at radius 3 is 2.21 bits per heavy atom. The fraction of sp³-hybridized carbons (Fsp3) is 0.263. The molecular formula is C19H23Cl2N3O5. The van der Waals surface area contributed by atoms with Crippen molar-refractivity contribution < 1.29 is 24.5 Å². The van der Waals surface area contributed by atoms with Crippen LogP contribution in [0.3, 0.4) is 0 Å². The van der Waals surface area contributed by atoms with Crippen molar-refractivity contribution >= 4 is 35.1 Å². The largest absolute Gasteiger partial charge is 0.493 e. The molecule has 0 radical (unpaired) electrons. The van der Waals surface area contributed by atoms with E-state index in [-0.39, 0.29) is 25.6 Å². The zero-order valence-electron chi connectivity index (χ0n) is 15.7. The summed E-state index contributed by atoms with van der Waals surface area (Å²) in [6.07, 6.45) is -0.879. The third-order valence-electron chi connectivity index (χ3n) is 3.35. The van der Waals surface area contributed by atoms with Gasteiger partial charge in [0.25, 0.3) is 5.91 Å². The molecule has 0 heterocycles. The lowest BCUT2D eigenvalue weighted by atomic mass is 10.1. The summed E-state index contributed by atoms with van der Waals surface area (Å²) in [5.41, 5.74) is 10.7. The highest BCUT2D eigenvalue weighted by molar-refractivity contribution is 6.36. The number of para-hydroxylation sites is 2. The van der Waals surface area contributed by atoms with E-state index in [4.69, 9.17) is 54.4 Å². The molecule has 0 saturated carbocycles. The van der Waals surface area contributed by atoms with Crippen LogP contribution >= 0.6 is 23.2 Å². The molecule has 0 aromatic heterocycles. The third-order valence-corrected chi connectivity index (χ3v) is 4.06. The van der Waals surface area contributed by atoms with Crippen LogP contribution in [0.25, 0.3) is 0 Å². The maximum Gasteiger partial charge on any atom is 0.253 e. The summed E-state index contributed by atoms with van der Waals surface area (Å²) in [5.74, 6) is 0.410. The quantitative estimate of drug-likeness (QED) is 0.377. The summed E-state index contributed by atoms with van der Waals surface area (Å²) in [7, 11) is 1.55. The maximum absolute atomic E-state index is 11.3. The fourth-order valence-corrected chi connectivity index (χ4v) is 2.54. The standard InChI is InChI=1S/C10H14O4.C9H9Cl2N3O/c1-13-9-4-2-3-5-10(9)14-7-8(12)6-11;10-6-2-1-3-7(11)5(6)4-8(15)14-9(12)13/h2-5,8,11-12H,6-7H2,1H3;1-3H,4H2,(H4,12,13,14,15). The lowest BCUT2D eigenvalue weighted by Gasteiger charge is -2.12. The molecule has 8 nitrogen and oxygen atoms in total. The zero-order valence-corrected chi connectivity index (χ0v) is 17.2. The molecule has 0 fully saturated rings. The minimum absolute atomic E-state index is 0.0175. The number of halogens is 2. The summed E-state index contributed by atoms with van der Waals surface area (Å²) in [6, 6.07) is 12.1. The average molecular weight is 444 g/mol. The molecule has 1 amide bonds. The fourth-order valence-electron chi connectivity index (χ4n) is 2.01. The number of rotatable bonds is 7. The van der Waals surface area contributed by atoms with E-state index < -0.39 is 12.0 Å². The van der Waals surface area contributed by atoms with Gasteiger partial charge in [-0.25, -0.2) is 0 Å². The summed E-state index contributed by atoms with van der Waals surface area (Å²) in [4.78, 5) is 14.6. The van der Waals surface area contributed by atoms with E-state index in [0.29, 0.717) is 27.1 Å². The number of aliphatic hydroxyl groups is 2. The van der Waals surface area contributed by atoms with Crippen molar-refractivity contribution in [1.29, 1.82) is 0 Å². The lowest BCUT2D eigenvalue weighted by Crippen LogP contribution is -2.24. The van der Waals surface area contributed by atoms with Crippen molar-refractivity contribution in [2.75, 3.05) is 20.3 Å². The van der Waals surface area contributed by atoms with Gasteiger partial charge >= 0.3 is 0 Å². The molecule has 0 aliphatic carbocycles. The second kappa shape index (κ2) is 12.8. The minimum atomic E-state index is -0.861. The number of aliphatic hydroxyl groups excluding tert-OH is 2. The van der Waals surface area contributed by atoms with E-state index in [1.807, 2.05) is 12.1 Å². The molecule has 10 heteroatoms. The van der Waals surface area contributed by atoms with Crippen LogP contribution in [0.15, 0.2) is 47.5 Å². The smallest absolute Gasteiger partial charge is 0.253 e. The molecule has 6 N–H and O–H groups in total. The van der Waals surface area contributed by atoms with Crippen molar-refractivity contribution in [2.45, 2.75) is 12.5 Å². The van der Waals surface area contributed by atoms with Gasteiger partial charge in [-0.1, -0.05) is 41.4 Å². The van der Waals surface area contributed by atoms with Crippen LogP contribution in [-0.4, -0.2) is 48.5 Å². The molecule has 2 rings (SSSR count). The first-order valence-electron chi connectivity index (χ1n) is 8.38. The van der Waals surface area contributed by atoms with Crippen LogP contribution in [0.1, 0.15) is 5.56 Å². The Hall–Kier alpha value is -2.52. The molecule has 0 aliphatic heterocycles. The molecule has 2 aromatic carbocycles. The van der Waals surface area contributed by atoms with Crippen molar-refractivity contribution in [3.05, 3.63) is 58.1 Å². The van der Waals surface area contributed by atoms with Crippen molar-refractivity contribution in [3.63, 3.8) is 0 Å².